The third kappa shape index (κ3) is 6.49. The zero-order valence-electron chi connectivity index (χ0n) is 19.7. The highest BCUT2D eigenvalue weighted by atomic mass is 32.1. The van der Waals surface area contributed by atoms with Crippen molar-refractivity contribution in [2.24, 2.45) is 10.4 Å². The summed E-state index contributed by atoms with van der Waals surface area (Å²) in [6.07, 6.45) is -0.477. The number of aromatic amines is 1. The summed E-state index contributed by atoms with van der Waals surface area (Å²) >= 11 is 1.14. The Morgan fingerprint density at radius 2 is 1.97 bits per heavy atom. The third-order valence-electron chi connectivity index (χ3n) is 5.03. The molecule has 0 aromatic carbocycles. The van der Waals surface area contributed by atoms with E-state index in [2.05, 4.69) is 32.6 Å². The second-order valence-electron chi connectivity index (χ2n) is 8.95. The van der Waals surface area contributed by atoms with E-state index < -0.39 is 42.0 Å². The van der Waals surface area contributed by atoms with Gasteiger partial charge in [0.1, 0.15) is 24.0 Å². The molecule has 12 nitrogen and oxygen atoms in total. The maximum Gasteiger partial charge on any atom is 0.326 e. The Bertz CT molecular complexity index is 1280. The number of aliphatic hydroxyl groups is 1. The number of H-pyrrole nitrogens is 1. The molecule has 2 aromatic rings. The van der Waals surface area contributed by atoms with E-state index in [1.54, 1.807) is 26.8 Å². The standard InChI is InChI=1S/C23H25N5O7S/c1-23(2,3)22(35)27-16-9-14-18(26-16)24-11-28(20(14)32)7-6-13-8-12(10-36-13)19(31)25-15(21(33)34)4-5-17(29)30/h8-11,15,20,26,32H,4-5H2,1-3H3,(H,25,31)(H,27,35)(H,29,30)(H,33,34)/t15-,20?/m1/s1. The molecule has 0 radical (unpaired) electrons. The van der Waals surface area contributed by atoms with E-state index in [0.717, 1.165) is 11.3 Å². The van der Waals surface area contributed by atoms with Crippen molar-refractivity contribution >= 4 is 53.1 Å². The fraction of sp³-hybridized carbons (Fsp3) is 0.348. The molecule has 1 aliphatic rings. The van der Waals surface area contributed by atoms with Crippen LogP contribution in [-0.4, -0.2) is 61.3 Å². The topological polar surface area (TPSA) is 184 Å². The van der Waals surface area contributed by atoms with E-state index in [-0.39, 0.29) is 17.9 Å². The predicted molar refractivity (Wildman–Crippen MR) is 131 cm³/mol. The van der Waals surface area contributed by atoms with Crippen LogP contribution in [0.25, 0.3) is 0 Å². The number of hydrogen-bond acceptors (Lipinski definition) is 8. The lowest BCUT2D eigenvalue weighted by molar-refractivity contribution is -0.140. The van der Waals surface area contributed by atoms with Crippen LogP contribution in [-0.2, 0) is 14.4 Å². The summed E-state index contributed by atoms with van der Waals surface area (Å²) in [6.45, 7) is 5.33. The number of thiophene rings is 1. The number of carbonyl (C=O) groups excluding carboxylic acids is 2. The van der Waals surface area contributed by atoms with Gasteiger partial charge in [-0.1, -0.05) is 20.8 Å². The summed E-state index contributed by atoms with van der Waals surface area (Å²) in [5.74, 6) is 0.228. The Kier molecular flexibility index (Phi) is 7.81. The van der Waals surface area contributed by atoms with E-state index in [1.165, 1.54) is 22.7 Å². The quantitative estimate of drug-likeness (QED) is 0.303. The average molecular weight is 516 g/mol. The Morgan fingerprint density at radius 3 is 2.61 bits per heavy atom. The molecule has 190 valence electrons. The van der Waals surface area contributed by atoms with Crippen LogP contribution in [0, 0.1) is 17.4 Å². The van der Waals surface area contributed by atoms with Crippen LogP contribution < -0.4 is 10.6 Å². The minimum absolute atomic E-state index is 0.172. The molecule has 0 fully saturated rings. The molecule has 3 heterocycles. The number of amides is 2. The molecule has 6 N–H and O–H groups in total. The molecule has 0 saturated carbocycles. The fourth-order valence-corrected chi connectivity index (χ4v) is 3.70. The number of anilines is 1. The zero-order chi connectivity index (χ0) is 26.6. The average Bonchev–Trinajstić information content (AvgIpc) is 3.42. The summed E-state index contributed by atoms with van der Waals surface area (Å²) < 4.78 is 0. The first-order valence-electron chi connectivity index (χ1n) is 10.8. The fourth-order valence-electron chi connectivity index (χ4n) is 2.97. The highest BCUT2D eigenvalue weighted by molar-refractivity contribution is 7.10. The van der Waals surface area contributed by atoms with Crippen molar-refractivity contribution in [2.45, 2.75) is 45.9 Å². The molecular weight excluding hydrogens is 490 g/mol. The highest BCUT2D eigenvalue weighted by Crippen LogP contribution is 2.33. The molecule has 2 amide bonds. The number of carbonyl (C=O) groups is 4. The predicted octanol–water partition coefficient (Wildman–Crippen LogP) is 2.08. The van der Waals surface area contributed by atoms with Crippen LogP contribution in [0.1, 0.15) is 60.6 Å². The van der Waals surface area contributed by atoms with E-state index in [9.17, 15) is 29.4 Å². The molecule has 0 spiro atoms. The molecular formula is C23H25N5O7S. The number of fused-ring (bicyclic) bond motifs is 1. The number of hydrogen-bond donors (Lipinski definition) is 6. The monoisotopic (exact) mass is 515 g/mol. The lowest BCUT2D eigenvalue weighted by Gasteiger charge is -2.22. The minimum Gasteiger partial charge on any atom is -0.481 e. The molecule has 0 aliphatic carbocycles. The molecule has 3 rings (SSSR count). The number of nitrogens with zero attached hydrogens (tertiary/aromatic N) is 2. The molecule has 1 unspecified atom stereocenters. The van der Waals surface area contributed by atoms with Crippen molar-refractivity contribution < 1.29 is 34.5 Å². The lowest BCUT2D eigenvalue weighted by atomic mass is 9.96. The van der Waals surface area contributed by atoms with E-state index in [0.29, 0.717) is 22.1 Å². The first kappa shape index (κ1) is 26.5. The number of carboxylic acids is 2. The number of carboxylic acid groups (broad SMARTS) is 2. The van der Waals surface area contributed by atoms with E-state index >= 15 is 0 Å². The number of aliphatic hydroxyl groups excluding tert-OH is 1. The summed E-state index contributed by atoms with van der Waals surface area (Å²) in [7, 11) is 0. The van der Waals surface area contributed by atoms with Gasteiger partial charge >= 0.3 is 11.9 Å². The SMILES string of the molecule is CC(C)(C)C(=O)Nc1cc2c([nH]1)N=CN(C#Cc1cc(C(=O)N[C@H](CCC(=O)O)C(=O)O)cs1)C2O. The number of rotatable bonds is 7. The van der Waals surface area contributed by atoms with Gasteiger partial charge in [0, 0.05) is 28.8 Å². The summed E-state index contributed by atoms with van der Waals surface area (Å²) in [5.41, 5.74) is -0.0108. The van der Waals surface area contributed by atoms with Crippen LogP contribution in [0.2, 0.25) is 0 Å². The van der Waals surface area contributed by atoms with Gasteiger partial charge in [0.15, 0.2) is 6.23 Å². The molecule has 36 heavy (non-hydrogen) atoms. The molecule has 1 aliphatic heterocycles. The van der Waals surface area contributed by atoms with Gasteiger partial charge in [0.2, 0.25) is 5.91 Å². The van der Waals surface area contributed by atoms with Gasteiger partial charge in [-0.3, -0.25) is 19.3 Å². The van der Waals surface area contributed by atoms with Gasteiger partial charge < -0.3 is 30.9 Å². The van der Waals surface area contributed by atoms with Gasteiger partial charge in [-0.05, 0) is 24.5 Å². The second-order valence-corrected chi connectivity index (χ2v) is 9.86. The number of aliphatic carboxylic acids is 2. The van der Waals surface area contributed by atoms with Crippen LogP contribution in [0.4, 0.5) is 11.6 Å². The summed E-state index contributed by atoms with van der Waals surface area (Å²) in [4.78, 5) is 55.4. The maximum absolute atomic E-state index is 12.4. The zero-order valence-corrected chi connectivity index (χ0v) is 20.5. The third-order valence-corrected chi connectivity index (χ3v) is 5.87. The molecule has 0 bridgehead atoms. The normalized spacial score (nSPS) is 15.3. The number of aliphatic imine (C=N–C) groups is 1. The van der Waals surface area contributed by atoms with Crippen LogP contribution in [0.15, 0.2) is 22.5 Å². The minimum atomic E-state index is -1.34. The Hall–Kier alpha value is -4.15. The Morgan fingerprint density at radius 1 is 1.25 bits per heavy atom. The van der Waals surface area contributed by atoms with Crippen molar-refractivity contribution in [3.05, 3.63) is 33.5 Å². The van der Waals surface area contributed by atoms with Crippen LogP contribution in [0.3, 0.4) is 0 Å². The van der Waals surface area contributed by atoms with Gasteiger partial charge in [-0.2, -0.15) is 0 Å². The largest absolute Gasteiger partial charge is 0.481 e. The van der Waals surface area contributed by atoms with Crippen molar-refractivity contribution in [3.63, 3.8) is 0 Å². The van der Waals surface area contributed by atoms with Crippen molar-refractivity contribution in [1.82, 2.24) is 15.2 Å². The Labute approximate surface area is 210 Å². The van der Waals surface area contributed by atoms with Crippen molar-refractivity contribution in [3.8, 4) is 12.0 Å². The van der Waals surface area contributed by atoms with E-state index in [1.807, 2.05) is 0 Å². The van der Waals surface area contributed by atoms with Gasteiger partial charge in [0.25, 0.3) is 5.91 Å². The van der Waals surface area contributed by atoms with Gasteiger partial charge in [-0.25, -0.2) is 9.79 Å². The van der Waals surface area contributed by atoms with E-state index in [4.69, 9.17) is 5.11 Å². The first-order valence-corrected chi connectivity index (χ1v) is 11.6. The Balaban J connectivity index is 1.66. The van der Waals surface area contributed by atoms with Crippen LogP contribution in [0.5, 0.6) is 0 Å². The smallest absolute Gasteiger partial charge is 0.326 e. The maximum atomic E-state index is 12.4. The van der Waals surface area contributed by atoms with Crippen molar-refractivity contribution in [1.29, 1.82) is 0 Å². The second kappa shape index (κ2) is 10.6. The van der Waals surface area contributed by atoms with Gasteiger partial charge in [-0.15, -0.1) is 11.3 Å². The molecule has 2 atom stereocenters. The van der Waals surface area contributed by atoms with Crippen molar-refractivity contribution in [2.75, 3.05) is 5.32 Å². The molecule has 2 aromatic heterocycles. The van der Waals surface area contributed by atoms with Crippen LogP contribution >= 0.6 is 11.3 Å². The molecule has 13 heteroatoms. The summed E-state index contributed by atoms with van der Waals surface area (Å²) in [6, 6.07) is 4.44. The number of nitrogens with one attached hydrogen (secondary N) is 3. The molecule has 0 saturated heterocycles. The van der Waals surface area contributed by atoms with Gasteiger partial charge in [0.05, 0.1) is 10.4 Å². The number of aromatic nitrogens is 1. The lowest BCUT2D eigenvalue weighted by Crippen LogP contribution is -2.40. The first-order chi connectivity index (χ1) is 16.8. The summed E-state index contributed by atoms with van der Waals surface area (Å²) in [5, 5.41) is 35.2. The highest BCUT2D eigenvalue weighted by Gasteiger charge is 2.27.